The van der Waals surface area contributed by atoms with Gasteiger partial charge in [0.15, 0.2) is 11.5 Å². The number of carbonyl (C=O) groups is 2. The van der Waals surface area contributed by atoms with E-state index in [9.17, 15) is 14.7 Å². The normalized spacial score (nSPS) is 29.4. The highest BCUT2D eigenvalue weighted by Gasteiger charge is 2.58. The quantitative estimate of drug-likeness (QED) is 0.791. The Balaban J connectivity index is 1.90. The van der Waals surface area contributed by atoms with Crippen LogP contribution in [0.4, 0.5) is 0 Å². The van der Waals surface area contributed by atoms with E-state index in [4.69, 9.17) is 9.47 Å². The zero-order valence-electron chi connectivity index (χ0n) is 14.7. The van der Waals surface area contributed by atoms with Gasteiger partial charge in [-0.1, -0.05) is 6.08 Å². The summed E-state index contributed by atoms with van der Waals surface area (Å²) in [5.74, 6) is -0.599. The number of rotatable bonds is 1. The average molecular weight is 343 g/mol. The monoisotopic (exact) mass is 343 g/mol. The Labute approximate surface area is 146 Å². The molecule has 2 aliphatic heterocycles. The highest BCUT2D eigenvalue weighted by molar-refractivity contribution is 6.06. The highest BCUT2D eigenvalue weighted by atomic mass is 16.5. The maximum atomic E-state index is 12.7. The summed E-state index contributed by atoms with van der Waals surface area (Å²) in [4.78, 5) is 26.4. The van der Waals surface area contributed by atoms with E-state index in [2.05, 4.69) is 0 Å². The predicted octanol–water partition coefficient (Wildman–Crippen LogP) is 2.21. The number of ether oxygens (including phenoxy) is 2. The Morgan fingerprint density at radius 3 is 2.68 bits per heavy atom. The number of aromatic hydroxyl groups is 1. The average Bonchev–Trinajstić information content (AvgIpc) is 2.80. The fourth-order valence-corrected chi connectivity index (χ4v) is 4.56. The molecule has 0 unspecified atom stereocenters. The van der Waals surface area contributed by atoms with E-state index in [1.54, 1.807) is 13.1 Å². The van der Waals surface area contributed by atoms with E-state index >= 15 is 0 Å². The number of hydrogen-bond acceptors (Lipinski definition) is 5. The number of carbonyl (C=O) groups excluding carboxylic acids is 2. The zero-order chi connectivity index (χ0) is 18.1. The minimum atomic E-state index is -0.743. The van der Waals surface area contributed by atoms with Crippen LogP contribution in [0.5, 0.6) is 17.2 Å². The maximum Gasteiger partial charge on any atom is 0.233 e. The van der Waals surface area contributed by atoms with Crippen LogP contribution < -0.4 is 9.47 Å². The first-order chi connectivity index (χ1) is 11.8. The number of imide groups is 1. The third kappa shape index (κ3) is 1.97. The second-order valence-electron chi connectivity index (χ2n) is 7.44. The van der Waals surface area contributed by atoms with Crippen LogP contribution in [0.15, 0.2) is 18.2 Å². The van der Waals surface area contributed by atoms with Gasteiger partial charge >= 0.3 is 0 Å². The highest BCUT2D eigenvalue weighted by Crippen LogP contribution is 2.57. The largest absolute Gasteiger partial charge is 0.502 e. The van der Waals surface area contributed by atoms with Crippen molar-refractivity contribution in [3.05, 3.63) is 23.8 Å². The molecule has 6 heteroatoms. The van der Waals surface area contributed by atoms with Gasteiger partial charge in [-0.05, 0) is 38.0 Å². The van der Waals surface area contributed by atoms with Gasteiger partial charge in [-0.15, -0.1) is 0 Å². The van der Waals surface area contributed by atoms with Crippen molar-refractivity contribution in [3.63, 3.8) is 0 Å². The molecule has 0 aromatic heterocycles. The number of phenolic OH excluding ortho intramolecular Hbond substituents is 1. The number of benzene rings is 1. The Morgan fingerprint density at radius 1 is 1.28 bits per heavy atom. The van der Waals surface area contributed by atoms with Crippen molar-refractivity contribution in [1.29, 1.82) is 0 Å². The molecule has 0 radical (unpaired) electrons. The molecule has 2 amide bonds. The number of allylic oxidation sites excluding steroid dienone is 1. The molecule has 1 fully saturated rings. The van der Waals surface area contributed by atoms with Crippen molar-refractivity contribution < 1.29 is 24.2 Å². The van der Waals surface area contributed by atoms with E-state index in [0.717, 1.165) is 11.1 Å². The van der Waals surface area contributed by atoms with Crippen LogP contribution in [0.25, 0.3) is 5.57 Å². The summed E-state index contributed by atoms with van der Waals surface area (Å²) in [6, 6.07) is 3.53. The van der Waals surface area contributed by atoms with Crippen LogP contribution in [0.3, 0.4) is 0 Å². The minimum Gasteiger partial charge on any atom is -0.502 e. The van der Waals surface area contributed by atoms with E-state index in [-0.39, 0.29) is 29.4 Å². The molecular formula is C19H21NO5. The van der Waals surface area contributed by atoms with Crippen LogP contribution in [0.2, 0.25) is 0 Å². The van der Waals surface area contributed by atoms with Gasteiger partial charge in [-0.25, -0.2) is 0 Å². The van der Waals surface area contributed by atoms with Gasteiger partial charge in [0, 0.05) is 18.5 Å². The molecule has 4 rings (SSSR count). The molecule has 0 spiro atoms. The predicted molar refractivity (Wildman–Crippen MR) is 90.2 cm³/mol. The topological polar surface area (TPSA) is 76.1 Å². The molecule has 0 bridgehead atoms. The lowest BCUT2D eigenvalue weighted by Crippen LogP contribution is -2.49. The Kier molecular flexibility index (Phi) is 3.20. The standard InChI is InChI=1S/C19H21NO5/c1-19(2)14-9(5-6-11-13(14)18(23)20(3)17(11)22)10-7-8-12(24-4)15(21)16(10)25-19/h5,7-8,11,13-14,21H,6H2,1-4H3/t11-,13-,14+/m0/s1. The molecule has 1 aliphatic carbocycles. The summed E-state index contributed by atoms with van der Waals surface area (Å²) in [6.07, 6.45) is 2.54. The molecule has 2 heterocycles. The number of amides is 2. The molecule has 0 saturated carbocycles. The number of nitrogens with zero attached hydrogens (tertiary/aromatic N) is 1. The molecule has 132 valence electrons. The minimum absolute atomic E-state index is 0.0412. The fourth-order valence-electron chi connectivity index (χ4n) is 4.56. The van der Waals surface area contributed by atoms with E-state index in [1.165, 1.54) is 12.0 Å². The summed E-state index contributed by atoms with van der Waals surface area (Å²) in [7, 11) is 3.03. The smallest absolute Gasteiger partial charge is 0.233 e. The Morgan fingerprint density at radius 2 is 2.00 bits per heavy atom. The lowest BCUT2D eigenvalue weighted by Gasteiger charge is -2.46. The van der Waals surface area contributed by atoms with Crippen molar-refractivity contribution in [2.45, 2.75) is 25.9 Å². The summed E-state index contributed by atoms with van der Waals surface area (Å²) in [5.41, 5.74) is 0.977. The first kappa shape index (κ1) is 16.0. The van der Waals surface area contributed by atoms with Gasteiger partial charge in [-0.3, -0.25) is 14.5 Å². The summed E-state index contributed by atoms with van der Waals surface area (Å²) in [5, 5.41) is 10.5. The van der Waals surface area contributed by atoms with Crippen LogP contribution in [-0.2, 0) is 9.59 Å². The molecule has 1 saturated heterocycles. The third-order valence-corrected chi connectivity index (χ3v) is 5.72. The lowest BCUT2D eigenvalue weighted by atomic mass is 9.64. The number of phenols is 1. The third-order valence-electron chi connectivity index (χ3n) is 5.72. The molecule has 1 aromatic rings. The maximum absolute atomic E-state index is 12.7. The van der Waals surface area contributed by atoms with Gasteiger partial charge in [-0.2, -0.15) is 0 Å². The van der Waals surface area contributed by atoms with Gasteiger partial charge in [0.25, 0.3) is 0 Å². The SMILES string of the molecule is COc1ccc2c(c1O)OC(C)(C)[C@@H]1C2=CC[C@@H]2C(=O)N(C)C(=O)[C@@H]21. The number of methoxy groups -OCH3 is 1. The first-order valence-corrected chi connectivity index (χ1v) is 8.38. The molecular weight excluding hydrogens is 322 g/mol. The van der Waals surface area contributed by atoms with Gasteiger partial charge in [0.1, 0.15) is 5.60 Å². The Bertz CT molecular complexity index is 825. The zero-order valence-corrected chi connectivity index (χ0v) is 14.7. The van der Waals surface area contributed by atoms with Crippen molar-refractivity contribution in [1.82, 2.24) is 4.90 Å². The number of fused-ring (bicyclic) bond motifs is 5. The summed E-state index contributed by atoms with van der Waals surface area (Å²) < 4.78 is 11.3. The van der Waals surface area contributed by atoms with Crippen LogP contribution in [0.1, 0.15) is 25.8 Å². The molecule has 1 aromatic carbocycles. The molecule has 3 atom stereocenters. The van der Waals surface area contributed by atoms with Crippen LogP contribution >= 0.6 is 0 Å². The number of hydrogen-bond donors (Lipinski definition) is 1. The van der Waals surface area contributed by atoms with Crippen LogP contribution in [0, 0.1) is 17.8 Å². The first-order valence-electron chi connectivity index (χ1n) is 8.38. The van der Waals surface area contributed by atoms with Gasteiger partial charge in [0.2, 0.25) is 17.6 Å². The van der Waals surface area contributed by atoms with Gasteiger partial charge < -0.3 is 14.6 Å². The van der Waals surface area contributed by atoms with Crippen molar-refractivity contribution >= 4 is 17.4 Å². The van der Waals surface area contributed by atoms with E-state index in [1.807, 2.05) is 26.0 Å². The second-order valence-corrected chi connectivity index (χ2v) is 7.44. The molecule has 25 heavy (non-hydrogen) atoms. The fraction of sp³-hybridized carbons (Fsp3) is 0.474. The van der Waals surface area contributed by atoms with Crippen molar-refractivity contribution in [3.8, 4) is 17.2 Å². The molecule has 1 N–H and O–H groups in total. The molecule has 6 nitrogen and oxygen atoms in total. The van der Waals surface area contributed by atoms with E-state index < -0.39 is 11.5 Å². The van der Waals surface area contributed by atoms with Gasteiger partial charge in [0.05, 0.1) is 18.9 Å². The Hall–Kier alpha value is -2.50. The summed E-state index contributed by atoms with van der Waals surface area (Å²) >= 11 is 0. The second kappa shape index (κ2) is 5.00. The molecule has 3 aliphatic rings. The van der Waals surface area contributed by atoms with E-state index in [0.29, 0.717) is 17.9 Å². The van der Waals surface area contributed by atoms with Crippen molar-refractivity contribution in [2.24, 2.45) is 17.8 Å². The van der Waals surface area contributed by atoms with Crippen molar-refractivity contribution in [2.75, 3.05) is 14.2 Å². The summed E-state index contributed by atoms with van der Waals surface area (Å²) in [6.45, 7) is 3.79. The lowest BCUT2D eigenvalue weighted by molar-refractivity contribution is -0.138. The van der Waals surface area contributed by atoms with Crippen LogP contribution in [-0.4, -0.2) is 41.6 Å². The number of likely N-dealkylation sites (tertiary alicyclic amines) is 1.